The Labute approximate surface area is 134 Å². The Morgan fingerprint density at radius 2 is 2.00 bits per heavy atom. The van der Waals surface area contributed by atoms with Crippen LogP contribution in [0.25, 0.3) is 21.3 Å². The van der Waals surface area contributed by atoms with Crippen LogP contribution in [0.2, 0.25) is 0 Å². The molecule has 0 amide bonds. The zero-order chi connectivity index (χ0) is 15.1. The van der Waals surface area contributed by atoms with Crippen LogP contribution in [0, 0.1) is 6.92 Å². The predicted octanol–water partition coefficient (Wildman–Crippen LogP) is 4.66. The van der Waals surface area contributed by atoms with Gasteiger partial charge < -0.3 is 4.90 Å². The van der Waals surface area contributed by atoms with Crippen LogP contribution in [0.3, 0.4) is 0 Å². The Balaban J connectivity index is 1.91. The van der Waals surface area contributed by atoms with E-state index in [0.29, 0.717) is 6.04 Å². The van der Waals surface area contributed by atoms with Crippen LogP contribution < -0.4 is 4.90 Å². The Bertz CT molecular complexity index is 807. The van der Waals surface area contributed by atoms with E-state index in [-0.39, 0.29) is 0 Å². The van der Waals surface area contributed by atoms with Gasteiger partial charge >= 0.3 is 0 Å². The van der Waals surface area contributed by atoms with Crippen molar-refractivity contribution in [3.05, 3.63) is 41.5 Å². The van der Waals surface area contributed by atoms with Gasteiger partial charge in [0.15, 0.2) is 0 Å². The lowest BCUT2D eigenvalue weighted by Crippen LogP contribution is -2.27. The molecule has 0 saturated carbocycles. The highest BCUT2D eigenvalue weighted by atomic mass is 32.1. The molecule has 0 radical (unpaired) electrons. The molecule has 0 unspecified atom stereocenters. The molecule has 1 saturated heterocycles. The van der Waals surface area contributed by atoms with E-state index >= 15 is 0 Å². The minimum absolute atomic E-state index is 0.559. The van der Waals surface area contributed by atoms with Gasteiger partial charge in [-0.1, -0.05) is 29.8 Å². The summed E-state index contributed by atoms with van der Waals surface area (Å²) in [6.07, 6.45) is 4.20. The summed E-state index contributed by atoms with van der Waals surface area (Å²) in [5.41, 5.74) is 3.79. The molecule has 2 aromatic heterocycles. The fraction of sp³-hybridized carbons (Fsp3) is 0.333. The molecular weight excluding hydrogens is 290 g/mol. The molecular formula is C18H19N3S. The normalized spacial score (nSPS) is 18.3. The van der Waals surface area contributed by atoms with E-state index in [2.05, 4.69) is 58.4 Å². The van der Waals surface area contributed by atoms with Crippen LogP contribution in [-0.2, 0) is 0 Å². The van der Waals surface area contributed by atoms with Crippen LogP contribution in [0.5, 0.6) is 0 Å². The van der Waals surface area contributed by atoms with Gasteiger partial charge in [-0.25, -0.2) is 9.97 Å². The van der Waals surface area contributed by atoms with E-state index in [4.69, 9.17) is 0 Å². The number of nitrogens with zero attached hydrogens (tertiary/aromatic N) is 3. The van der Waals surface area contributed by atoms with Crippen molar-refractivity contribution in [2.75, 3.05) is 11.4 Å². The molecule has 3 heterocycles. The van der Waals surface area contributed by atoms with Gasteiger partial charge in [0.1, 0.15) is 17.0 Å². The highest BCUT2D eigenvalue weighted by Gasteiger charge is 2.25. The van der Waals surface area contributed by atoms with Crippen molar-refractivity contribution in [1.29, 1.82) is 0 Å². The molecule has 22 heavy (non-hydrogen) atoms. The molecule has 3 aromatic rings. The predicted molar refractivity (Wildman–Crippen MR) is 93.6 cm³/mol. The first-order valence-corrected chi connectivity index (χ1v) is 8.68. The number of anilines is 1. The van der Waals surface area contributed by atoms with E-state index in [9.17, 15) is 0 Å². The summed E-state index contributed by atoms with van der Waals surface area (Å²) in [6.45, 7) is 5.51. The molecule has 3 nitrogen and oxygen atoms in total. The second kappa shape index (κ2) is 5.36. The van der Waals surface area contributed by atoms with Crippen LogP contribution in [0.15, 0.2) is 36.0 Å². The van der Waals surface area contributed by atoms with E-state index in [1.165, 1.54) is 34.9 Å². The molecule has 1 aliphatic rings. The Kier molecular flexibility index (Phi) is 3.34. The number of fused-ring (bicyclic) bond motifs is 1. The molecule has 0 spiro atoms. The third kappa shape index (κ3) is 2.18. The molecule has 4 heteroatoms. The van der Waals surface area contributed by atoms with E-state index < -0.39 is 0 Å². The van der Waals surface area contributed by atoms with Crippen molar-refractivity contribution in [2.24, 2.45) is 0 Å². The SMILES string of the molecule is Cc1ccc(-c2csc3ncnc(N4CCC[C@@H]4C)c23)cc1. The van der Waals surface area contributed by atoms with Gasteiger partial charge in [0.25, 0.3) is 0 Å². The highest BCUT2D eigenvalue weighted by Crippen LogP contribution is 2.39. The molecule has 1 aromatic carbocycles. The van der Waals surface area contributed by atoms with Gasteiger partial charge in [0.2, 0.25) is 0 Å². The van der Waals surface area contributed by atoms with Crippen LogP contribution in [0.4, 0.5) is 5.82 Å². The molecule has 0 aliphatic carbocycles. The lowest BCUT2D eigenvalue weighted by Gasteiger charge is -2.23. The summed E-state index contributed by atoms with van der Waals surface area (Å²) in [5.74, 6) is 1.10. The number of hydrogen-bond donors (Lipinski definition) is 0. The number of hydrogen-bond acceptors (Lipinski definition) is 4. The summed E-state index contributed by atoms with van der Waals surface area (Å²) in [4.78, 5) is 12.6. The number of aromatic nitrogens is 2. The summed E-state index contributed by atoms with van der Waals surface area (Å²) < 4.78 is 0. The minimum atomic E-state index is 0.559. The largest absolute Gasteiger partial charge is 0.353 e. The maximum atomic E-state index is 4.64. The van der Waals surface area contributed by atoms with Gasteiger partial charge in [-0.05, 0) is 32.3 Å². The van der Waals surface area contributed by atoms with Crippen LogP contribution in [0.1, 0.15) is 25.3 Å². The van der Waals surface area contributed by atoms with Crippen molar-refractivity contribution in [2.45, 2.75) is 32.7 Å². The van der Waals surface area contributed by atoms with Gasteiger partial charge in [-0.2, -0.15) is 0 Å². The third-order valence-corrected chi connectivity index (χ3v) is 5.42. The summed E-state index contributed by atoms with van der Waals surface area (Å²) in [6, 6.07) is 9.28. The van der Waals surface area contributed by atoms with E-state index in [1.807, 2.05) is 0 Å². The monoisotopic (exact) mass is 309 g/mol. The first kappa shape index (κ1) is 13.7. The van der Waals surface area contributed by atoms with Crippen molar-refractivity contribution in [1.82, 2.24) is 9.97 Å². The molecule has 1 fully saturated rings. The first-order valence-electron chi connectivity index (χ1n) is 7.80. The number of thiophene rings is 1. The van der Waals surface area contributed by atoms with Crippen molar-refractivity contribution in [3.8, 4) is 11.1 Å². The molecule has 0 N–H and O–H groups in total. The fourth-order valence-electron chi connectivity index (χ4n) is 3.27. The molecule has 112 valence electrons. The fourth-order valence-corrected chi connectivity index (χ4v) is 4.18. The van der Waals surface area contributed by atoms with Crippen molar-refractivity contribution < 1.29 is 0 Å². The second-order valence-corrected chi connectivity index (χ2v) is 6.94. The van der Waals surface area contributed by atoms with Crippen LogP contribution >= 0.6 is 11.3 Å². The maximum absolute atomic E-state index is 4.64. The summed E-state index contributed by atoms with van der Waals surface area (Å²) in [7, 11) is 0. The average molecular weight is 309 g/mol. The Morgan fingerprint density at radius 3 is 2.73 bits per heavy atom. The molecule has 1 aliphatic heterocycles. The van der Waals surface area contributed by atoms with Gasteiger partial charge in [0.05, 0.1) is 5.39 Å². The topological polar surface area (TPSA) is 29.0 Å². The number of rotatable bonds is 2. The van der Waals surface area contributed by atoms with Crippen molar-refractivity contribution in [3.63, 3.8) is 0 Å². The lowest BCUT2D eigenvalue weighted by molar-refractivity contribution is 0.729. The summed E-state index contributed by atoms with van der Waals surface area (Å²) in [5, 5.41) is 3.43. The standard InChI is InChI=1S/C18H19N3S/c1-12-5-7-14(8-6-12)15-10-22-18-16(15)17(19-11-20-18)21-9-3-4-13(21)2/h5-8,10-11,13H,3-4,9H2,1-2H3/t13-/m0/s1. The average Bonchev–Trinajstić information content (AvgIpc) is 3.14. The van der Waals surface area contributed by atoms with Gasteiger partial charge in [0, 0.05) is 23.5 Å². The van der Waals surface area contributed by atoms with Gasteiger partial charge in [-0.15, -0.1) is 11.3 Å². The van der Waals surface area contributed by atoms with Crippen LogP contribution in [-0.4, -0.2) is 22.6 Å². The number of benzene rings is 1. The van der Waals surface area contributed by atoms with E-state index in [0.717, 1.165) is 17.2 Å². The smallest absolute Gasteiger partial charge is 0.141 e. The zero-order valence-electron chi connectivity index (χ0n) is 12.9. The summed E-state index contributed by atoms with van der Waals surface area (Å²) >= 11 is 1.71. The second-order valence-electron chi connectivity index (χ2n) is 6.08. The zero-order valence-corrected chi connectivity index (χ0v) is 13.7. The Morgan fingerprint density at radius 1 is 1.18 bits per heavy atom. The quantitative estimate of drug-likeness (QED) is 0.689. The van der Waals surface area contributed by atoms with Gasteiger partial charge in [-0.3, -0.25) is 0 Å². The highest BCUT2D eigenvalue weighted by molar-refractivity contribution is 7.17. The first-order chi connectivity index (χ1) is 10.7. The maximum Gasteiger partial charge on any atom is 0.141 e. The molecule has 0 bridgehead atoms. The molecule has 4 rings (SSSR count). The Hall–Kier alpha value is -1.94. The van der Waals surface area contributed by atoms with E-state index in [1.54, 1.807) is 17.7 Å². The third-order valence-electron chi connectivity index (χ3n) is 4.54. The minimum Gasteiger partial charge on any atom is -0.353 e. The number of aryl methyl sites for hydroxylation is 1. The molecule has 1 atom stereocenters. The lowest BCUT2D eigenvalue weighted by atomic mass is 10.0. The van der Waals surface area contributed by atoms with Crippen molar-refractivity contribution >= 4 is 27.4 Å².